The fourth-order valence-corrected chi connectivity index (χ4v) is 1.04. The van der Waals surface area contributed by atoms with Gasteiger partial charge in [-0.1, -0.05) is 0 Å². The molecule has 0 atom stereocenters. The largest absolute Gasteiger partial charge is 0.326 e. The smallest absolute Gasteiger partial charge is 0.161 e. The lowest BCUT2D eigenvalue weighted by molar-refractivity contribution is 0.101. The van der Waals surface area contributed by atoms with E-state index < -0.39 is 0 Å². The Kier molecular flexibility index (Phi) is 2.55. The first-order valence-corrected chi connectivity index (χ1v) is 3.81. The van der Waals surface area contributed by atoms with Gasteiger partial charge in [0.15, 0.2) is 5.78 Å². The minimum Gasteiger partial charge on any atom is -0.326 e. The van der Waals surface area contributed by atoms with Crippen molar-refractivity contribution in [2.45, 2.75) is 20.4 Å². The number of hydrogen-bond donors (Lipinski definition) is 1. The summed E-state index contributed by atoms with van der Waals surface area (Å²) >= 11 is 0. The van der Waals surface area contributed by atoms with Gasteiger partial charge < -0.3 is 5.73 Å². The maximum absolute atomic E-state index is 11.1. The van der Waals surface area contributed by atoms with Gasteiger partial charge >= 0.3 is 0 Å². The van der Waals surface area contributed by atoms with Gasteiger partial charge in [0.25, 0.3) is 0 Å². The second kappa shape index (κ2) is 3.45. The van der Waals surface area contributed by atoms with E-state index in [1.165, 1.54) is 6.92 Å². The zero-order valence-corrected chi connectivity index (χ0v) is 7.29. The summed E-state index contributed by atoms with van der Waals surface area (Å²) in [5.41, 5.74) is 7.74. The molecule has 1 aromatic rings. The summed E-state index contributed by atoms with van der Waals surface area (Å²) in [6.07, 6.45) is 1.70. The zero-order chi connectivity index (χ0) is 9.14. The average molecular weight is 164 g/mol. The number of hydrogen-bond acceptors (Lipinski definition) is 3. The van der Waals surface area contributed by atoms with Crippen LogP contribution in [-0.4, -0.2) is 10.8 Å². The van der Waals surface area contributed by atoms with Crippen molar-refractivity contribution in [2.75, 3.05) is 0 Å². The first kappa shape index (κ1) is 8.87. The summed E-state index contributed by atoms with van der Waals surface area (Å²) in [5.74, 6) is 0.0373. The van der Waals surface area contributed by atoms with Gasteiger partial charge in [-0.2, -0.15) is 0 Å². The fraction of sp³-hybridized carbons (Fsp3) is 0.333. The highest BCUT2D eigenvalue weighted by atomic mass is 16.1. The number of rotatable bonds is 2. The molecule has 1 rings (SSSR count). The number of aryl methyl sites for hydroxylation is 1. The van der Waals surface area contributed by atoms with Gasteiger partial charge in [0.2, 0.25) is 0 Å². The van der Waals surface area contributed by atoms with Crippen LogP contribution in [0.4, 0.5) is 0 Å². The van der Waals surface area contributed by atoms with E-state index in [1.807, 2.05) is 6.92 Å². The lowest BCUT2D eigenvalue weighted by Gasteiger charge is -2.02. The highest BCUT2D eigenvalue weighted by Crippen LogP contribution is 2.07. The fourth-order valence-electron chi connectivity index (χ4n) is 1.04. The van der Waals surface area contributed by atoms with Crippen molar-refractivity contribution in [2.24, 2.45) is 5.73 Å². The molecule has 0 saturated heterocycles. The van der Waals surface area contributed by atoms with Crippen molar-refractivity contribution in [1.29, 1.82) is 0 Å². The quantitative estimate of drug-likeness (QED) is 0.665. The Morgan fingerprint density at radius 2 is 2.33 bits per heavy atom. The molecule has 3 nitrogen and oxygen atoms in total. The molecule has 0 aliphatic heterocycles. The lowest BCUT2D eigenvalue weighted by atomic mass is 10.1. The molecule has 0 spiro atoms. The lowest BCUT2D eigenvalue weighted by Crippen LogP contribution is -2.03. The maximum atomic E-state index is 11.1. The van der Waals surface area contributed by atoms with Gasteiger partial charge in [0, 0.05) is 24.0 Å². The van der Waals surface area contributed by atoms with E-state index >= 15 is 0 Å². The standard InChI is InChI=1S/C9H12N2O/c1-6-9(7(2)12)3-8(4-10)5-11-6/h3,5H,4,10H2,1-2H3. The summed E-state index contributed by atoms with van der Waals surface area (Å²) < 4.78 is 0. The van der Waals surface area contributed by atoms with Gasteiger partial charge in [0.1, 0.15) is 0 Å². The molecule has 0 unspecified atom stereocenters. The molecule has 1 aromatic heterocycles. The summed E-state index contributed by atoms with van der Waals surface area (Å²) in [7, 11) is 0. The molecular weight excluding hydrogens is 152 g/mol. The highest BCUT2D eigenvalue weighted by molar-refractivity contribution is 5.95. The monoisotopic (exact) mass is 164 g/mol. The Bertz CT molecular complexity index is 307. The molecule has 0 radical (unpaired) electrons. The van der Waals surface area contributed by atoms with Crippen LogP contribution < -0.4 is 5.73 Å². The van der Waals surface area contributed by atoms with Crippen molar-refractivity contribution in [3.8, 4) is 0 Å². The van der Waals surface area contributed by atoms with Crippen LogP contribution in [0, 0.1) is 6.92 Å². The molecule has 0 aliphatic rings. The molecule has 1 heterocycles. The SMILES string of the molecule is CC(=O)c1cc(CN)cnc1C. The van der Waals surface area contributed by atoms with Gasteiger partial charge in [-0.3, -0.25) is 9.78 Å². The molecule has 0 fully saturated rings. The van der Waals surface area contributed by atoms with Crippen LogP contribution >= 0.6 is 0 Å². The first-order chi connectivity index (χ1) is 5.65. The third-order valence-electron chi connectivity index (χ3n) is 1.76. The van der Waals surface area contributed by atoms with E-state index in [0.29, 0.717) is 12.1 Å². The minimum atomic E-state index is 0.0373. The number of carbonyl (C=O) groups is 1. The van der Waals surface area contributed by atoms with E-state index in [-0.39, 0.29) is 5.78 Å². The van der Waals surface area contributed by atoms with Crippen LogP contribution in [0.15, 0.2) is 12.3 Å². The third kappa shape index (κ3) is 1.68. The van der Waals surface area contributed by atoms with E-state index in [2.05, 4.69) is 4.98 Å². The van der Waals surface area contributed by atoms with Gasteiger partial charge in [-0.25, -0.2) is 0 Å². The summed E-state index contributed by atoms with van der Waals surface area (Å²) in [6, 6.07) is 1.80. The molecule has 0 saturated carbocycles. The van der Waals surface area contributed by atoms with E-state index in [0.717, 1.165) is 11.3 Å². The average Bonchev–Trinajstić information content (AvgIpc) is 2.05. The van der Waals surface area contributed by atoms with Crippen LogP contribution in [0.5, 0.6) is 0 Å². The van der Waals surface area contributed by atoms with Crippen molar-refractivity contribution in [1.82, 2.24) is 4.98 Å². The minimum absolute atomic E-state index is 0.0373. The highest BCUT2D eigenvalue weighted by Gasteiger charge is 2.04. The second-order valence-electron chi connectivity index (χ2n) is 2.74. The predicted octanol–water partition coefficient (Wildman–Crippen LogP) is 1.05. The predicted molar refractivity (Wildman–Crippen MR) is 46.9 cm³/mol. The number of aromatic nitrogens is 1. The Balaban J connectivity index is 3.17. The number of ketones is 1. The van der Waals surface area contributed by atoms with Crippen LogP contribution in [0.1, 0.15) is 28.5 Å². The van der Waals surface area contributed by atoms with Crippen molar-refractivity contribution < 1.29 is 4.79 Å². The first-order valence-electron chi connectivity index (χ1n) is 3.81. The van der Waals surface area contributed by atoms with Crippen LogP contribution in [0.25, 0.3) is 0 Å². The number of nitrogens with two attached hydrogens (primary N) is 1. The normalized spacial score (nSPS) is 9.92. The Hall–Kier alpha value is -1.22. The van der Waals surface area contributed by atoms with Crippen LogP contribution in [0.3, 0.4) is 0 Å². The van der Waals surface area contributed by atoms with Crippen LogP contribution in [-0.2, 0) is 6.54 Å². The molecule has 2 N–H and O–H groups in total. The molecule has 0 aliphatic carbocycles. The number of Topliss-reactive ketones (excluding diaryl/α,β-unsaturated/α-hetero) is 1. The topological polar surface area (TPSA) is 56.0 Å². The van der Waals surface area contributed by atoms with Crippen LogP contribution in [0.2, 0.25) is 0 Å². The second-order valence-corrected chi connectivity index (χ2v) is 2.74. The Morgan fingerprint density at radius 3 is 2.83 bits per heavy atom. The number of pyridine rings is 1. The Labute approximate surface area is 71.6 Å². The van der Waals surface area contributed by atoms with Gasteiger partial charge in [-0.05, 0) is 25.5 Å². The third-order valence-corrected chi connectivity index (χ3v) is 1.76. The Morgan fingerprint density at radius 1 is 1.67 bits per heavy atom. The summed E-state index contributed by atoms with van der Waals surface area (Å²) in [5, 5.41) is 0. The van der Waals surface area contributed by atoms with Crippen molar-refractivity contribution in [3.63, 3.8) is 0 Å². The molecule has 3 heteroatoms. The summed E-state index contributed by atoms with van der Waals surface area (Å²) in [4.78, 5) is 15.1. The number of carbonyl (C=O) groups excluding carboxylic acids is 1. The molecule has 12 heavy (non-hydrogen) atoms. The maximum Gasteiger partial charge on any atom is 0.161 e. The van der Waals surface area contributed by atoms with Gasteiger partial charge in [-0.15, -0.1) is 0 Å². The van der Waals surface area contributed by atoms with Crippen molar-refractivity contribution >= 4 is 5.78 Å². The molecule has 0 bridgehead atoms. The molecular formula is C9H12N2O. The molecule has 0 amide bonds. The van der Waals surface area contributed by atoms with Crippen molar-refractivity contribution in [3.05, 3.63) is 29.1 Å². The number of nitrogens with zero attached hydrogens (tertiary/aromatic N) is 1. The molecule has 64 valence electrons. The zero-order valence-electron chi connectivity index (χ0n) is 7.29. The summed E-state index contributed by atoms with van der Waals surface area (Å²) in [6.45, 7) is 3.77. The van der Waals surface area contributed by atoms with E-state index in [1.54, 1.807) is 12.3 Å². The van der Waals surface area contributed by atoms with E-state index in [9.17, 15) is 4.79 Å². The van der Waals surface area contributed by atoms with Gasteiger partial charge in [0.05, 0.1) is 0 Å². The molecule has 0 aromatic carbocycles. The van der Waals surface area contributed by atoms with E-state index in [4.69, 9.17) is 5.73 Å².